The lowest BCUT2D eigenvalue weighted by atomic mass is 10.1. The van der Waals surface area contributed by atoms with Gasteiger partial charge < -0.3 is 20.4 Å². The van der Waals surface area contributed by atoms with E-state index in [4.69, 9.17) is 16.6 Å². The normalized spacial score (nSPS) is 20.2. The maximum atomic E-state index is 12.8. The highest BCUT2D eigenvalue weighted by Crippen LogP contribution is 2.47. The van der Waals surface area contributed by atoms with Crippen molar-refractivity contribution in [1.29, 1.82) is 0 Å². The van der Waals surface area contributed by atoms with Gasteiger partial charge in [-0.15, -0.1) is 0 Å². The highest BCUT2D eigenvalue weighted by molar-refractivity contribution is 6.30. The summed E-state index contributed by atoms with van der Waals surface area (Å²) in [6.07, 6.45) is 10.2. The molecule has 2 saturated carbocycles. The Morgan fingerprint density at radius 3 is 2.79 bits per heavy atom. The lowest BCUT2D eigenvalue weighted by Crippen LogP contribution is -2.28. The van der Waals surface area contributed by atoms with Crippen LogP contribution in [-0.2, 0) is 11.3 Å². The van der Waals surface area contributed by atoms with Gasteiger partial charge in [0.2, 0.25) is 5.91 Å². The predicted molar refractivity (Wildman–Crippen MR) is 146 cm³/mol. The fourth-order valence-corrected chi connectivity index (χ4v) is 5.30. The second-order valence-electron chi connectivity index (χ2n) is 10.3. The number of pyridine rings is 2. The molecule has 0 radical (unpaired) electrons. The second kappa shape index (κ2) is 9.49. The van der Waals surface area contributed by atoms with Crippen LogP contribution >= 0.6 is 11.6 Å². The number of rotatable bonds is 8. The molecule has 0 bridgehead atoms. The van der Waals surface area contributed by atoms with Gasteiger partial charge in [0.1, 0.15) is 18.0 Å². The summed E-state index contributed by atoms with van der Waals surface area (Å²) in [7, 11) is 0. The first-order valence-electron chi connectivity index (χ1n) is 13.1. The molecule has 198 valence electrons. The number of carbonyl (C=O) groups is 2. The van der Waals surface area contributed by atoms with Gasteiger partial charge in [0.05, 0.1) is 17.9 Å². The maximum Gasteiger partial charge on any atom is 0.322 e. The van der Waals surface area contributed by atoms with Crippen molar-refractivity contribution in [2.75, 3.05) is 28.6 Å². The molecular weight excluding hydrogens is 518 g/mol. The third-order valence-corrected chi connectivity index (χ3v) is 7.65. The average Bonchev–Trinajstić information content (AvgIpc) is 3.85. The van der Waals surface area contributed by atoms with Crippen molar-refractivity contribution in [3.63, 3.8) is 0 Å². The van der Waals surface area contributed by atoms with Crippen molar-refractivity contribution >= 4 is 46.5 Å². The highest BCUT2D eigenvalue weighted by Gasteiger charge is 2.45. The fraction of sp³-hybridized carbons (Fsp3) is 0.333. The molecule has 1 aliphatic heterocycles. The first-order chi connectivity index (χ1) is 19.0. The summed E-state index contributed by atoms with van der Waals surface area (Å²) in [6, 6.07) is 7.24. The van der Waals surface area contributed by atoms with Crippen LogP contribution in [0.25, 0.3) is 5.65 Å². The SMILES string of the molecule is O=C(Nc1cc(NCc2cn3cc(C4CC4)cc(N4CCNC4=O)c3n2)ncn1)[C@H]1C[C@@H]1c1cc(Cl)ccn1. The molecule has 5 heterocycles. The Hall–Kier alpha value is -4.25. The van der Waals surface area contributed by atoms with E-state index in [1.54, 1.807) is 29.3 Å². The number of urea groups is 1. The van der Waals surface area contributed by atoms with Crippen LogP contribution in [-0.4, -0.2) is 49.4 Å². The van der Waals surface area contributed by atoms with Crippen molar-refractivity contribution < 1.29 is 9.59 Å². The lowest BCUT2D eigenvalue weighted by Gasteiger charge is -2.16. The molecule has 11 nitrogen and oxygen atoms in total. The van der Waals surface area contributed by atoms with Crippen LogP contribution in [0.1, 0.15) is 48.0 Å². The van der Waals surface area contributed by atoms with Gasteiger partial charge in [-0.05, 0) is 48.9 Å². The van der Waals surface area contributed by atoms with Gasteiger partial charge in [-0.1, -0.05) is 11.6 Å². The Bertz CT molecular complexity index is 1600. The van der Waals surface area contributed by atoms with Crippen molar-refractivity contribution in [3.05, 3.63) is 71.2 Å². The van der Waals surface area contributed by atoms with E-state index in [1.807, 2.05) is 10.6 Å². The van der Waals surface area contributed by atoms with E-state index in [0.29, 0.717) is 42.2 Å². The molecule has 3 amide bonds. The minimum Gasteiger partial charge on any atom is -0.364 e. The maximum absolute atomic E-state index is 12.8. The molecular formula is C27H26ClN9O2. The van der Waals surface area contributed by atoms with Crippen LogP contribution in [0.2, 0.25) is 5.02 Å². The highest BCUT2D eigenvalue weighted by atomic mass is 35.5. The molecule has 39 heavy (non-hydrogen) atoms. The van der Waals surface area contributed by atoms with Gasteiger partial charge in [-0.25, -0.2) is 19.7 Å². The summed E-state index contributed by atoms with van der Waals surface area (Å²) in [5.74, 6) is 1.34. The summed E-state index contributed by atoms with van der Waals surface area (Å²) in [5, 5.41) is 9.66. The molecule has 4 aromatic heterocycles. The van der Waals surface area contributed by atoms with E-state index in [9.17, 15) is 9.59 Å². The fourth-order valence-electron chi connectivity index (χ4n) is 5.14. The number of halogens is 1. The van der Waals surface area contributed by atoms with E-state index < -0.39 is 0 Å². The summed E-state index contributed by atoms with van der Waals surface area (Å²) < 4.78 is 2.01. The van der Waals surface area contributed by atoms with Gasteiger partial charge in [0.15, 0.2) is 5.65 Å². The smallest absolute Gasteiger partial charge is 0.322 e. The number of nitrogens with zero attached hydrogens (tertiary/aromatic N) is 6. The van der Waals surface area contributed by atoms with E-state index in [2.05, 4.69) is 43.2 Å². The monoisotopic (exact) mass is 543 g/mol. The number of imidazole rings is 1. The zero-order valence-corrected chi connectivity index (χ0v) is 21.7. The lowest BCUT2D eigenvalue weighted by molar-refractivity contribution is -0.117. The predicted octanol–water partition coefficient (Wildman–Crippen LogP) is 3.93. The molecule has 3 N–H and O–H groups in total. The first kappa shape index (κ1) is 23.8. The molecule has 0 unspecified atom stereocenters. The molecule has 3 aliphatic rings. The van der Waals surface area contributed by atoms with E-state index in [0.717, 1.165) is 29.1 Å². The second-order valence-corrected chi connectivity index (χ2v) is 10.7. The Kier molecular flexibility index (Phi) is 5.80. The van der Waals surface area contributed by atoms with Crippen molar-refractivity contribution in [2.24, 2.45) is 5.92 Å². The molecule has 0 spiro atoms. The molecule has 12 heteroatoms. The van der Waals surface area contributed by atoms with Gasteiger partial charge in [0.25, 0.3) is 0 Å². The minimum absolute atomic E-state index is 0.0649. The Morgan fingerprint density at radius 2 is 2.00 bits per heavy atom. The van der Waals surface area contributed by atoms with E-state index in [1.165, 1.54) is 24.7 Å². The average molecular weight is 544 g/mol. The molecule has 2 atom stereocenters. The van der Waals surface area contributed by atoms with Crippen molar-refractivity contribution in [3.8, 4) is 0 Å². The number of amides is 3. The Labute approximate surface area is 229 Å². The molecule has 4 aromatic rings. The van der Waals surface area contributed by atoms with Crippen LogP contribution in [0, 0.1) is 5.92 Å². The van der Waals surface area contributed by atoms with E-state index in [-0.39, 0.29) is 23.8 Å². The largest absolute Gasteiger partial charge is 0.364 e. The number of fused-ring (bicyclic) bond motifs is 1. The third-order valence-electron chi connectivity index (χ3n) is 7.42. The van der Waals surface area contributed by atoms with Crippen LogP contribution in [0.3, 0.4) is 0 Å². The third kappa shape index (κ3) is 4.85. The minimum atomic E-state index is -0.160. The van der Waals surface area contributed by atoms with Crippen LogP contribution in [0.15, 0.2) is 49.2 Å². The number of anilines is 3. The number of nitrogens with one attached hydrogen (secondary N) is 3. The zero-order chi connectivity index (χ0) is 26.5. The number of hydrogen-bond acceptors (Lipinski definition) is 7. The van der Waals surface area contributed by atoms with Crippen LogP contribution in [0.4, 0.5) is 22.1 Å². The Balaban J connectivity index is 1.04. The van der Waals surface area contributed by atoms with E-state index >= 15 is 0 Å². The number of hydrogen-bond donors (Lipinski definition) is 3. The van der Waals surface area contributed by atoms with Crippen LogP contribution in [0.5, 0.6) is 0 Å². The van der Waals surface area contributed by atoms with Crippen molar-refractivity contribution in [1.82, 2.24) is 29.7 Å². The number of carbonyl (C=O) groups excluding carboxylic acids is 2. The molecule has 3 fully saturated rings. The number of aromatic nitrogens is 5. The first-order valence-corrected chi connectivity index (χ1v) is 13.4. The molecule has 2 aliphatic carbocycles. The van der Waals surface area contributed by atoms with Crippen molar-refractivity contribution in [2.45, 2.75) is 37.6 Å². The van der Waals surface area contributed by atoms with Gasteiger partial charge in [-0.2, -0.15) is 0 Å². The zero-order valence-electron chi connectivity index (χ0n) is 21.0. The quantitative estimate of drug-likeness (QED) is 0.307. The summed E-state index contributed by atoms with van der Waals surface area (Å²) in [6.45, 7) is 1.66. The van der Waals surface area contributed by atoms with Gasteiger partial charge in [-0.3, -0.25) is 14.7 Å². The molecule has 0 aromatic carbocycles. The Morgan fingerprint density at radius 1 is 1.13 bits per heavy atom. The van der Waals surface area contributed by atoms with Gasteiger partial charge >= 0.3 is 6.03 Å². The van der Waals surface area contributed by atoms with Crippen LogP contribution < -0.4 is 20.9 Å². The summed E-state index contributed by atoms with van der Waals surface area (Å²) in [4.78, 5) is 44.6. The standard InChI is InChI=1S/C27H26ClN9O2/c28-17-3-4-29-21(8-17)19-9-20(19)26(38)35-24-10-23(32-14-33-24)31-11-18-13-36-12-16(15-1-2-15)7-22(25(36)34-18)37-6-5-30-27(37)39/h3-4,7-8,10,12-15,19-20H,1-2,5-6,9,11H2,(H,30,39)(H2,31,32,33,35,38)/t19-,20-/m0/s1. The summed E-state index contributed by atoms with van der Waals surface area (Å²) >= 11 is 6.06. The molecule has 7 rings (SSSR count). The topological polar surface area (TPSA) is 129 Å². The van der Waals surface area contributed by atoms with Gasteiger partial charge in [0, 0.05) is 60.3 Å². The summed E-state index contributed by atoms with van der Waals surface area (Å²) in [5.41, 5.74) is 4.45. The molecule has 1 saturated heterocycles.